The van der Waals surface area contributed by atoms with E-state index in [0.717, 1.165) is 16.3 Å². The molecule has 0 saturated carbocycles. The average Bonchev–Trinajstić information content (AvgIpc) is 2.56. The highest BCUT2D eigenvalue weighted by Gasteiger charge is 2.24. The molecular formula is C24H25NO. The van der Waals surface area contributed by atoms with Crippen LogP contribution in [0.5, 0.6) is 0 Å². The molecule has 0 unspecified atom stereocenters. The van der Waals surface area contributed by atoms with Gasteiger partial charge < -0.3 is 0 Å². The lowest BCUT2D eigenvalue weighted by Crippen LogP contribution is -2.12. The molecule has 0 spiro atoms. The van der Waals surface area contributed by atoms with E-state index >= 15 is 0 Å². The first-order chi connectivity index (χ1) is 12.1. The monoisotopic (exact) mass is 344 g/mol. The molecule has 2 nitrogen and oxygen atoms in total. The van der Waals surface area contributed by atoms with Crippen molar-refractivity contribution in [2.24, 2.45) is 5.18 Å². The molecule has 0 N–H and O–H groups in total. The molecule has 0 aliphatic heterocycles. The molecule has 0 aromatic heterocycles. The summed E-state index contributed by atoms with van der Waals surface area (Å²) in [7, 11) is 0. The predicted molar refractivity (Wildman–Crippen MR) is 113 cm³/mol. The van der Waals surface area contributed by atoms with Gasteiger partial charge in [0.1, 0.15) is 5.69 Å². The van der Waals surface area contributed by atoms with Crippen molar-refractivity contribution in [1.29, 1.82) is 0 Å². The van der Waals surface area contributed by atoms with E-state index in [2.05, 4.69) is 89.2 Å². The van der Waals surface area contributed by atoms with E-state index in [1.54, 1.807) is 0 Å². The quantitative estimate of drug-likeness (QED) is 0.199. The van der Waals surface area contributed by atoms with Crippen LogP contribution in [-0.2, 0) is 10.8 Å². The molecule has 0 saturated heterocycles. The Labute approximate surface area is 154 Å². The molecule has 4 rings (SSSR count). The van der Waals surface area contributed by atoms with Crippen LogP contribution >= 0.6 is 0 Å². The molecule has 0 aliphatic carbocycles. The Morgan fingerprint density at radius 1 is 0.692 bits per heavy atom. The fourth-order valence-corrected chi connectivity index (χ4v) is 3.98. The lowest BCUT2D eigenvalue weighted by Gasteiger charge is -2.24. The van der Waals surface area contributed by atoms with Gasteiger partial charge in [0.25, 0.3) is 0 Å². The molecule has 26 heavy (non-hydrogen) atoms. The Morgan fingerprint density at radius 2 is 1.23 bits per heavy atom. The third-order valence-electron chi connectivity index (χ3n) is 5.45. The summed E-state index contributed by atoms with van der Waals surface area (Å²) >= 11 is 0. The van der Waals surface area contributed by atoms with Crippen molar-refractivity contribution in [3.8, 4) is 0 Å². The first kappa shape index (κ1) is 17.0. The molecule has 0 atom stereocenters. The van der Waals surface area contributed by atoms with Crippen molar-refractivity contribution in [1.82, 2.24) is 0 Å². The predicted octanol–water partition coefficient (Wildman–Crippen LogP) is 7.58. The van der Waals surface area contributed by atoms with Gasteiger partial charge in [-0.1, -0.05) is 77.9 Å². The van der Waals surface area contributed by atoms with Gasteiger partial charge in [-0.3, -0.25) is 0 Å². The molecule has 0 aliphatic rings. The van der Waals surface area contributed by atoms with Crippen LogP contribution < -0.4 is 0 Å². The van der Waals surface area contributed by atoms with Gasteiger partial charge >= 0.3 is 0 Å². The highest BCUT2D eigenvalue weighted by atomic mass is 16.4. The SMILES string of the molecule is CC(C)(C)c1cc2ccc3cc(C(C)(C)C)c([15N]=O)c4ccc(c1)c2c34. The lowest BCUT2D eigenvalue weighted by atomic mass is 9.80. The van der Waals surface area contributed by atoms with E-state index in [1.807, 2.05) is 0 Å². The van der Waals surface area contributed by atoms with Gasteiger partial charge in [0, 0.05) is 5.39 Å². The minimum atomic E-state index is -0.132. The minimum Gasteiger partial charge on any atom is -0.145 e. The van der Waals surface area contributed by atoms with E-state index in [9.17, 15) is 4.91 Å². The molecule has 0 bridgehead atoms. The average molecular weight is 344 g/mol. The summed E-state index contributed by atoms with van der Waals surface area (Å²) in [5.41, 5.74) is 2.88. The minimum absolute atomic E-state index is 0.0966. The zero-order valence-electron chi connectivity index (χ0n) is 16.4. The van der Waals surface area contributed by atoms with Crippen molar-refractivity contribution in [3.63, 3.8) is 0 Å². The van der Waals surface area contributed by atoms with E-state index in [1.165, 1.54) is 27.1 Å². The van der Waals surface area contributed by atoms with Crippen LogP contribution in [0.25, 0.3) is 32.3 Å². The van der Waals surface area contributed by atoms with Crippen LogP contribution in [0.3, 0.4) is 0 Å². The van der Waals surface area contributed by atoms with Gasteiger partial charge in [0.05, 0.1) is 0 Å². The fraction of sp³-hybridized carbons (Fsp3) is 0.333. The molecule has 0 amide bonds. The first-order valence-corrected chi connectivity index (χ1v) is 9.21. The number of benzene rings is 4. The van der Waals surface area contributed by atoms with Crippen molar-refractivity contribution < 1.29 is 0 Å². The van der Waals surface area contributed by atoms with Gasteiger partial charge in [-0.2, -0.15) is 0 Å². The molecule has 0 fully saturated rings. The van der Waals surface area contributed by atoms with Crippen LogP contribution in [0.2, 0.25) is 0 Å². The van der Waals surface area contributed by atoms with E-state index < -0.39 is 0 Å². The second kappa shape index (κ2) is 5.26. The lowest BCUT2D eigenvalue weighted by molar-refractivity contribution is 0.591. The standard InChI is InChI=1S/C24H25NO/c1-23(2,3)17-11-14-7-8-16-13-19(24(4,5)6)22(25-26)18-10-9-15(12-17)20(14)21(16)18/h7-13H,1-6H3/i25+1. The summed E-state index contributed by atoms with van der Waals surface area (Å²) in [4.78, 5) is 11.8. The number of hydrogen-bond acceptors (Lipinski definition) is 2. The van der Waals surface area contributed by atoms with Gasteiger partial charge in [-0.15, -0.1) is 4.91 Å². The number of rotatable bonds is 1. The molecule has 132 valence electrons. The second-order valence-electron chi connectivity index (χ2n) is 9.44. The van der Waals surface area contributed by atoms with Crippen molar-refractivity contribution in [2.75, 3.05) is 0 Å². The van der Waals surface area contributed by atoms with Gasteiger partial charge in [0.2, 0.25) is 0 Å². The van der Waals surface area contributed by atoms with Crippen LogP contribution in [-0.4, -0.2) is 0 Å². The molecule has 4 aromatic rings. The fourth-order valence-electron chi connectivity index (χ4n) is 3.98. The Hall–Kier alpha value is -2.48. The van der Waals surface area contributed by atoms with Crippen LogP contribution in [0.4, 0.5) is 5.69 Å². The number of nitroso groups, excluding NO2 is 1. The summed E-state index contributed by atoms with van der Waals surface area (Å²) in [6.45, 7) is 13.1. The van der Waals surface area contributed by atoms with Gasteiger partial charge in [-0.05, 0) is 60.1 Å². The van der Waals surface area contributed by atoms with Gasteiger partial charge in [0.15, 0.2) is 0 Å². The summed E-state index contributed by atoms with van der Waals surface area (Å²) in [5, 5.41) is 10.4. The Balaban J connectivity index is 2.21. The second-order valence-corrected chi connectivity index (χ2v) is 9.44. The normalized spacial score (nSPS) is 13.2. The Kier molecular flexibility index (Phi) is 3.43. The molecular weight excluding hydrogens is 319 g/mol. The summed E-state index contributed by atoms with van der Waals surface area (Å²) in [5.74, 6) is 0. The zero-order chi connectivity index (χ0) is 18.9. The van der Waals surface area contributed by atoms with E-state index in [-0.39, 0.29) is 10.8 Å². The first-order valence-electron chi connectivity index (χ1n) is 9.21. The molecule has 0 radical (unpaired) electrons. The molecule has 0 heterocycles. The van der Waals surface area contributed by atoms with E-state index in [4.69, 9.17) is 0 Å². The van der Waals surface area contributed by atoms with Crippen LogP contribution in [0, 0.1) is 4.91 Å². The highest BCUT2D eigenvalue weighted by Crippen LogP contribution is 2.44. The number of nitrogens with zero attached hydrogens (tertiary/aromatic N) is 1. The topological polar surface area (TPSA) is 29.4 Å². The summed E-state index contributed by atoms with van der Waals surface area (Å²) < 4.78 is 0. The molecule has 2 heteroatoms. The third kappa shape index (κ3) is 2.39. The largest absolute Gasteiger partial charge is 0.145 e. The maximum atomic E-state index is 11.8. The van der Waals surface area contributed by atoms with Crippen molar-refractivity contribution in [2.45, 2.75) is 52.4 Å². The van der Waals surface area contributed by atoms with Gasteiger partial charge in [-0.25, -0.2) is 0 Å². The van der Waals surface area contributed by atoms with Crippen molar-refractivity contribution >= 4 is 38.0 Å². The maximum Gasteiger partial charge on any atom is 0.119 e. The highest BCUT2D eigenvalue weighted by molar-refractivity contribution is 6.25. The molecule has 4 aromatic carbocycles. The van der Waals surface area contributed by atoms with Crippen molar-refractivity contribution in [3.05, 3.63) is 58.5 Å². The Bertz CT molecular complexity index is 1140. The summed E-state index contributed by atoms with van der Waals surface area (Å²) in [6.07, 6.45) is 0. The maximum absolute atomic E-state index is 11.8. The van der Waals surface area contributed by atoms with Crippen LogP contribution in [0.1, 0.15) is 52.7 Å². The number of hydrogen-bond donors (Lipinski definition) is 0. The zero-order valence-corrected chi connectivity index (χ0v) is 16.4. The third-order valence-corrected chi connectivity index (χ3v) is 5.45. The summed E-state index contributed by atoms with van der Waals surface area (Å²) in [6, 6.07) is 15.3. The Morgan fingerprint density at radius 3 is 1.73 bits per heavy atom. The van der Waals surface area contributed by atoms with Crippen LogP contribution in [0.15, 0.2) is 47.6 Å². The van der Waals surface area contributed by atoms with E-state index in [0.29, 0.717) is 5.69 Å². The smallest absolute Gasteiger partial charge is 0.119 e.